The summed E-state index contributed by atoms with van der Waals surface area (Å²) in [5.74, 6) is -0.145. The van der Waals surface area contributed by atoms with Gasteiger partial charge in [0.05, 0.1) is 0 Å². The highest BCUT2D eigenvalue weighted by molar-refractivity contribution is 5.95. The molecule has 1 aliphatic heterocycles. The molecule has 8 nitrogen and oxygen atoms in total. The van der Waals surface area contributed by atoms with Gasteiger partial charge >= 0.3 is 12.1 Å². The van der Waals surface area contributed by atoms with Gasteiger partial charge in [-0.2, -0.15) is 0 Å². The first-order valence-corrected chi connectivity index (χ1v) is 9.11. The minimum Gasteiger partial charge on any atom is -0.444 e. The summed E-state index contributed by atoms with van der Waals surface area (Å²) in [5.41, 5.74) is 0.620. The molecular weight excluding hydrogens is 348 g/mol. The molecule has 27 heavy (non-hydrogen) atoms. The van der Waals surface area contributed by atoms with E-state index in [4.69, 9.17) is 4.74 Å². The van der Waals surface area contributed by atoms with Crippen LogP contribution < -0.4 is 10.6 Å². The predicted octanol–water partition coefficient (Wildman–Crippen LogP) is 2.52. The van der Waals surface area contributed by atoms with Gasteiger partial charge in [0, 0.05) is 44.0 Å². The van der Waals surface area contributed by atoms with Crippen molar-refractivity contribution in [2.24, 2.45) is 0 Å². The molecule has 0 atom stereocenters. The second-order valence-corrected chi connectivity index (χ2v) is 7.32. The van der Waals surface area contributed by atoms with Gasteiger partial charge in [0.15, 0.2) is 0 Å². The summed E-state index contributed by atoms with van der Waals surface area (Å²) in [5, 5.41) is 5.54. The van der Waals surface area contributed by atoms with E-state index in [2.05, 4.69) is 10.6 Å². The van der Waals surface area contributed by atoms with E-state index in [-0.39, 0.29) is 18.0 Å². The van der Waals surface area contributed by atoms with E-state index in [9.17, 15) is 14.4 Å². The summed E-state index contributed by atoms with van der Waals surface area (Å²) in [6.45, 7) is 9.62. The summed E-state index contributed by atoms with van der Waals surface area (Å²) in [6.07, 6.45) is -0.358. The Labute approximate surface area is 159 Å². The summed E-state index contributed by atoms with van der Waals surface area (Å²) in [7, 11) is 0. The van der Waals surface area contributed by atoms with Crippen LogP contribution in [0.25, 0.3) is 0 Å². The summed E-state index contributed by atoms with van der Waals surface area (Å²) in [6, 6.07) is 6.49. The highest BCUT2D eigenvalue weighted by Gasteiger charge is 2.27. The Morgan fingerprint density at radius 1 is 1.00 bits per heavy atom. The molecule has 1 fully saturated rings. The van der Waals surface area contributed by atoms with Crippen molar-refractivity contribution in [2.75, 3.05) is 38.0 Å². The number of urea groups is 1. The number of piperazine rings is 1. The monoisotopic (exact) mass is 376 g/mol. The molecule has 0 spiro atoms. The lowest BCUT2D eigenvalue weighted by Crippen LogP contribution is -2.52. The van der Waals surface area contributed by atoms with Crippen molar-refractivity contribution in [3.8, 4) is 0 Å². The number of hydrogen-bond donors (Lipinski definition) is 2. The number of nitrogens with one attached hydrogen (secondary N) is 2. The normalized spacial score (nSPS) is 14.5. The second kappa shape index (κ2) is 8.75. The van der Waals surface area contributed by atoms with Crippen molar-refractivity contribution in [2.45, 2.75) is 33.3 Å². The minimum atomic E-state index is -0.536. The Kier molecular flexibility index (Phi) is 6.65. The molecule has 1 aliphatic rings. The second-order valence-electron chi connectivity index (χ2n) is 7.32. The fraction of sp³-hybridized carbons (Fsp3) is 0.526. The summed E-state index contributed by atoms with van der Waals surface area (Å²) >= 11 is 0. The average molecular weight is 376 g/mol. The van der Waals surface area contributed by atoms with Crippen LogP contribution in [0.3, 0.4) is 0 Å². The van der Waals surface area contributed by atoms with Gasteiger partial charge in [-0.3, -0.25) is 4.79 Å². The highest BCUT2D eigenvalue weighted by atomic mass is 16.6. The van der Waals surface area contributed by atoms with Gasteiger partial charge in [-0.15, -0.1) is 0 Å². The molecular formula is C19H28N4O4. The molecule has 148 valence electrons. The Balaban J connectivity index is 1.84. The maximum absolute atomic E-state index is 12.4. The number of rotatable bonds is 3. The number of ether oxygens (including phenoxy) is 1. The Morgan fingerprint density at radius 3 is 2.07 bits per heavy atom. The first-order valence-electron chi connectivity index (χ1n) is 9.11. The van der Waals surface area contributed by atoms with E-state index in [0.717, 1.165) is 0 Å². The standard InChI is InChI=1S/C19H28N4O4/c1-5-20-16(24)14-6-8-15(9-7-14)21-17(25)22-10-12-23(13-11-22)18(26)27-19(2,3)4/h6-9H,5,10-13H2,1-4H3,(H,20,24)(H,21,25). The van der Waals surface area contributed by atoms with E-state index < -0.39 is 5.60 Å². The number of benzene rings is 1. The molecule has 0 radical (unpaired) electrons. The number of carbonyl (C=O) groups excluding carboxylic acids is 3. The molecule has 0 aliphatic carbocycles. The molecule has 0 saturated carbocycles. The molecule has 1 heterocycles. The topological polar surface area (TPSA) is 91.0 Å². The number of anilines is 1. The van der Waals surface area contributed by atoms with Gasteiger partial charge in [0.2, 0.25) is 0 Å². The van der Waals surface area contributed by atoms with Gasteiger partial charge < -0.3 is 25.2 Å². The molecule has 4 amide bonds. The van der Waals surface area contributed by atoms with Crippen LogP contribution in [0.15, 0.2) is 24.3 Å². The van der Waals surface area contributed by atoms with Gasteiger partial charge in [-0.1, -0.05) is 0 Å². The average Bonchev–Trinajstić information content (AvgIpc) is 2.61. The van der Waals surface area contributed by atoms with Gasteiger partial charge in [-0.05, 0) is 52.0 Å². The maximum Gasteiger partial charge on any atom is 0.410 e. The largest absolute Gasteiger partial charge is 0.444 e. The first kappa shape index (κ1) is 20.5. The predicted molar refractivity (Wildman–Crippen MR) is 103 cm³/mol. The van der Waals surface area contributed by atoms with Crippen molar-refractivity contribution in [3.05, 3.63) is 29.8 Å². The van der Waals surface area contributed by atoms with Crippen LogP contribution >= 0.6 is 0 Å². The lowest BCUT2D eigenvalue weighted by atomic mass is 10.2. The van der Waals surface area contributed by atoms with Crippen LogP contribution in [0.4, 0.5) is 15.3 Å². The Bertz CT molecular complexity index is 674. The van der Waals surface area contributed by atoms with Crippen LogP contribution in [-0.4, -0.2) is 66.2 Å². The lowest BCUT2D eigenvalue weighted by molar-refractivity contribution is 0.0174. The molecule has 2 N–H and O–H groups in total. The molecule has 1 aromatic carbocycles. The minimum absolute atomic E-state index is 0.145. The molecule has 2 rings (SSSR count). The van der Waals surface area contributed by atoms with Gasteiger partial charge in [-0.25, -0.2) is 9.59 Å². The van der Waals surface area contributed by atoms with Crippen molar-refractivity contribution in [1.29, 1.82) is 0 Å². The molecule has 1 saturated heterocycles. The third kappa shape index (κ3) is 6.16. The zero-order valence-corrected chi connectivity index (χ0v) is 16.4. The van der Waals surface area contributed by atoms with E-state index in [0.29, 0.717) is 44.0 Å². The van der Waals surface area contributed by atoms with E-state index in [1.54, 1.807) is 34.1 Å². The number of carbonyl (C=O) groups is 3. The number of nitrogens with zero attached hydrogens (tertiary/aromatic N) is 2. The van der Waals surface area contributed by atoms with Crippen molar-refractivity contribution >= 4 is 23.7 Å². The number of hydrogen-bond acceptors (Lipinski definition) is 4. The van der Waals surface area contributed by atoms with Crippen LogP contribution in [0, 0.1) is 0 Å². The first-order chi connectivity index (χ1) is 12.7. The van der Waals surface area contributed by atoms with E-state index >= 15 is 0 Å². The Morgan fingerprint density at radius 2 is 1.56 bits per heavy atom. The fourth-order valence-corrected chi connectivity index (χ4v) is 2.59. The zero-order valence-electron chi connectivity index (χ0n) is 16.4. The lowest BCUT2D eigenvalue weighted by Gasteiger charge is -2.35. The zero-order chi connectivity index (χ0) is 20.0. The van der Waals surface area contributed by atoms with Crippen molar-refractivity contribution in [1.82, 2.24) is 15.1 Å². The van der Waals surface area contributed by atoms with Crippen LogP contribution in [-0.2, 0) is 4.74 Å². The quantitative estimate of drug-likeness (QED) is 0.848. The fourth-order valence-electron chi connectivity index (χ4n) is 2.59. The molecule has 0 unspecified atom stereocenters. The SMILES string of the molecule is CCNC(=O)c1ccc(NC(=O)N2CCN(C(=O)OC(C)(C)C)CC2)cc1. The smallest absolute Gasteiger partial charge is 0.410 e. The van der Waals surface area contributed by atoms with Crippen molar-refractivity contribution < 1.29 is 19.1 Å². The summed E-state index contributed by atoms with van der Waals surface area (Å²) < 4.78 is 5.35. The highest BCUT2D eigenvalue weighted by Crippen LogP contribution is 2.14. The van der Waals surface area contributed by atoms with Gasteiger partial charge in [0.1, 0.15) is 5.60 Å². The third-order valence-corrected chi connectivity index (χ3v) is 3.95. The van der Waals surface area contributed by atoms with Crippen LogP contribution in [0.2, 0.25) is 0 Å². The molecule has 0 aromatic heterocycles. The third-order valence-electron chi connectivity index (χ3n) is 3.95. The van der Waals surface area contributed by atoms with Crippen LogP contribution in [0.1, 0.15) is 38.1 Å². The molecule has 1 aromatic rings. The van der Waals surface area contributed by atoms with Crippen molar-refractivity contribution in [3.63, 3.8) is 0 Å². The van der Waals surface area contributed by atoms with Gasteiger partial charge in [0.25, 0.3) is 5.91 Å². The Hall–Kier alpha value is -2.77. The van der Waals surface area contributed by atoms with Crippen LogP contribution in [0.5, 0.6) is 0 Å². The summed E-state index contributed by atoms with van der Waals surface area (Å²) in [4.78, 5) is 39.5. The maximum atomic E-state index is 12.4. The van der Waals surface area contributed by atoms with E-state index in [1.165, 1.54) is 0 Å². The molecule has 0 bridgehead atoms. The number of amides is 4. The molecule has 8 heteroatoms. The van der Waals surface area contributed by atoms with E-state index in [1.807, 2.05) is 27.7 Å².